The molecule has 2 rings (SSSR count). The molecular formula is C15H14F2N2O2. The molecule has 0 aliphatic heterocycles. The average Bonchev–Trinajstić information content (AvgIpc) is 2.47. The molecule has 0 atom stereocenters. The molecule has 21 heavy (non-hydrogen) atoms. The maximum atomic E-state index is 13.4. The number of nitrogens with one attached hydrogen (secondary N) is 1. The van der Waals surface area contributed by atoms with E-state index in [2.05, 4.69) is 5.32 Å². The van der Waals surface area contributed by atoms with Gasteiger partial charge in [0.25, 0.3) is 5.91 Å². The third-order valence-corrected chi connectivity index (χ3v) is 2.74. The Kier molecular flexibility index (Phi) is 4.71. The lowest BCUT2D eigenvalue weighted by molar-refractivity contribution is 0.0942. The van der Waals surface area contributed by atoms with Gasteiger partial charge in [0.15, 0.2) is 0 Å². The number of amides is 1. The Hall–Kier alpha value is -2.63. The molecule has 0 aliphatic rings. The Morgan fingerprint density at radius 3 is 2.71 bits per heavy atom. The Labute approximate surface area is 120 Å². The SMILES string of the molecule is Nc1ccccc1OCCNC(=O)c1cc(F)ccc1F. The molecule has 0 spiro atoms. The van der Waals surface area contributed by atoms with Crippen LogP contribution in [0, 0.1) is 11.6 Å². The second kappa shape index (κ2) is 6.69. The van der Waals surface area contributed by atoms with Gasteiger partial charge in [-0.2, -0.15) is 0 Å². The fourth-order valence-electron chi connectivity index (χ4n) is 1.70. The standard InChI is InChI=1S/C15H14F2N2O2/c16-10-5-6-12(17)11(9-10)15(20)19-7-8-21-14-4-2-1-3-13(14)18/h1-6,9H,7-8,18H2,(H,19,20). The van der Waals surface area contributed by atoms with Gasteiger partial charge < -0.3 is 15.8 Å². The number of halogens is 2. The fourth-order valence-corrected chi connectivity index (χ4v) is 1.70. The molecule has 0 fully saturated rings. The normalized spacial score (nSPS) is 10.2. The Bertz CT molecular complexity index is 647. The van der Waals surface area contributed by atoms with Gasteiger partial charge in [0.1, 0.15) is 24.0 Å². The minimum Gasteiger partial charge on any atom is -0.490 e. The van der Waals surface area contributed by atoms with Crippen LogP contribution in [0.25, 0.3) is 0 Å². The van der Waals surface area contributed by atoms with Gasteiger partial charge in [-0.1, -0.05) is 12.1 Å². The molecule has 0 saturated carbocycles. The molecule has 4 nitrogen and oxygen atoms in total. The van der Waals surface area contributed by atoms with E-state index in [-0.39, 0.29) is 18.7 Å². The summed E-state index contributed by atoms with van der Waals surface area (Å²) in [6, 6.07) is 9.64. The molecule has 6 heteroatoms. The monoisotopic (exact) mass is 292 g/mol. The Balaban J connectivity index is 1.85. The van der Waals surface area contributed by atoms with Crippen LogP contribution in [0.5, 0.6) is 5.75 Å². The van der Waals surface area contributed by atoms with Crippen molar-refractivity contribution < 1.29 is 18.3 Å². The van der Waals surface area contributed by atoms with Gasteiger partial charge >= 0.3 is 0 Å². The van der Waals surface area contributed by atoms with E-state index in [9.17, 15) is 13.6 Å². The van der Waals surface area contributed by atoms with Crippen molar-refractivity contribution in [3.63, 3.8) is 0 Å². The van der Waals surface area contributed by atoms with Gasteiger partial charge in [0, 0.05) is 0 Å². The predicted octanol–water partition coefficient (Wildman–Crippen LogP) is 2.36. The van der Waals surface area contributed by atoms with E-state index in [1.54, 1.807) is 24.3 Å². The summed E-state index contributed by atoms with van der Waals surface area (Å²) in [5, 5.41) is 2.45. The summed E-state index contributed by atoms with van der Waals surface area (Å²) in [4.78, 5) is 11.7. The second-order valence-corrected chi connectivity index (χ2v) is 4.27. The van der Waals surface area contributed by atoms with Gasteiger partial charge in [-0.15, -0.1) is 0 Å². The number of benzene rings is 2. The number of hydrogen-bond acceptors (Lipinski definition) is 3. The Morgan fingerprint density at radius 1 is 1.19 bits per heavy atom. The number of rotatable bonds is 5. The molecule has 1 amide bonds. The first-order valence-corrected chi connectivity index (χ1v) is 6.28. The largest absolute Gasteiger partial charge is 0.490 e. The van der Waals surface area contributed by atoms with Crippen LogP contribution in [0.4, 0.5) is 14.5 Å². The third-order valence-electron chi connectivity index (χ3n) is 2.74. The number of carbonyl (C=O) groups excluding carboxylic acids is 1. The molecule has 0 heterocycles. The van der Waals surface area contributed by atoms with Crippen molar-refractivity contribution in [1.29, 1.82) is 0 Å². The van der Waals surface area contributed by atoms with Gasteiger partial charge in [0.2, 0.25) is 0 Å². The van der Waals surface area contributed by atoms with Crippen LogP contribution in [-0.2, 0) is 0 Å². The Morgan fingerprint density at radius 2 is 1.95 bits per heavy atom. The van der Waals surface area contributed by atoms with Gasteiger partial charge in [-0.3, -0.25) is 4.79 Å². The molecule has 0 aromatic heterocycles. The van der Waals surface area contributed by atoms with E-state index >= 15 is 0 Å². The van der Waals surface area contributed by atoms with Gasteiger partial charge in [0.05, 0.1) is 17.8 Å². The summed E-state index contributed by atoms with van der Waals surface area (Å²) in [5.74, 6) is -1.64. The van der Waals surface area contributed by atoms with E-state index < -0.39 is 17.5 Å². The molecule has 0 aliphatic carbocycles. The van der Waals surface area contributed by atoms with Crippen LogP contribution < -0.4 is 15.8 Å². The van der Waals surface area contributed by atoms with E-state index in [1.165, 1.54) is 0 Å². The third kappa shape index (κ3) is 3.92. The van der Waals surface area contributed by atoms with E-state index in [0.717, 1.165) is 18.2 Å². The van der Waals surface area contributed by atoms with Crippen molar-refractivity contribution in [3.05, 3.63) is 59.7 Å². The van der Waals surface area contributed by atoms with Crippen LogP contribution in [0.1, 0.15) is 10.4 Å². The van der Waals surface area contributed by atoms with Crippen molar-refractivity contribution >= 4 is 11.6 Å². The lowest BCUT2D eigenvalue weighted by Gasteiger charge is -2.09. The number of ether oxygens (including phenoxy) is 1. The number of carbonyl (C=O) groups is 1. The minimum atomic E-state index is -0.776. The average molecular weight is 292 g/mol. The number of para-hydroxylation sites is 2. The number of nitrogens with two attached hydrogens (primary N) is 1. The van der Waals surface area contributed by atoms with Crippen molar-refractivity contribution in [1.82, 2.24) is 5.32 Å². The van der Waals surface area contributed by atoms with Crippen LogP contribution in [0.3, 0.4) is 0 Å². The van der Waals surface area contributed by atoms with Crippen LogP contribution in [0.2, 0.25) is 0 Å². The van der Waals surface area contributed by atoms with Crippen molar-refractivity contribution in [3.8, 4) is 5.75 Å². The summed E-state index contributed by atoms with van der Waals surface area (Å²) < 4.78 is 31.7. The van der Waals surface area contributed by atoms with Gasteiger partial charge in [-0.25, -0.2) is 8.78 Å². The summed E-state index contributed by atoms with van der Waals surface area (Å²) in [7, 11) is 0. The zero-order valence-electron chi connectivity index (χ0n) is 11.1. The molecule has 0 radical (unpaired) electrons. The lowest BCUT2D eigenvalue weighted by atomic mass is 10.2. The van der Waals surface area contributed by atoms with Crippen molar-refractivity contribution in [2.24, 2.45) is 0 Å². The fraction of sp³-hybridized carbons (Fsp3) is 0.133. The van der Waals surface area contributed by atoms with Crippen molar-refractivity contribution in [2.45, 2.75) is 0 Å². The molecule has 2 aromatic carbocycles. The highest BCUT2D eigenvalue weighted by molar-refractivity contribution is 5.94. The zero-order valence-corrected chi connectivity index (χ0v) is 11.1. The molecule has 3 N–H and O–H groups in total. The minimum absolute atomic E-state index is 0.142. The molecule has 0 saturated heterocycles. The van der Waals surface area contributed by atoms with Crippen LogP contribution in [0.15, 0.2) is 42.5 Å². The number of anilines is 1. The van der Waals surface area contributed by atoms with Crippen LogP contribution in [-0.4, -0.2) is 19.1 Å². The van der Waals surface area contributed by atoms with E-state index in [0.29, 0.717) is 11.4 Å². The predicted molar refractivity (Wildman–Crippen MR) is 75.0 cm³/mol. The highest BCUT2D eigenvalue weighted by Gasteiger charge is 2.12. The zero-order chi connectivity index (χ0) is 15.2. The highest BCUT2D eigenvalue weighted by atomic mass is 19.1. The molecule has 0 unspecified atom stereocenters. The maximum Gasteiger partial charge on any atom is 0.254 e. The van der Waals surface area contributed by atoms with Crippen molar-refractivity contribution in [2.75, 3.05) is 18.9 Å². The van der Waals surface area contributed by atoms with Gasteiger partial charge in [-0.05, 0) is 30.3 Å². The maximum absolute atomic E-state index is 13.4. The first-order valence-electron chi connectivity index (χ1n) is 6.28. The summed E-state index contributed by atoms with van der Waals surface area (Å²) in [5.41, 5.74) is 5.83. The lowest BCUT2D eigenvalue weighted by Crippen LogP contribution is -2.29. The quantitative estimate of drug-likeness (QED) is 0.657. The molecule has 2 aromatic rings. The second-order valence-electron chi connectivity index (χ2n) is 4.27. The number of hydrogen-bond donors (Lipinski definition) is 2. The van der Waals surface area contributed by atoms with E-state index in [4.69, 9.17) is 10.5 Å². The first kappa shape index (κ1) is 14.8. The highest BCUT2D eigenvalue weighted by Crippen LogP contribution is 2.19. The topological polar surface area (TPSA) is 64.3 Å². The summed E-state index contributed by atoms with van der Waals surface area (Å²) >= 11 is 0. The first-order chi connectivity index (χ1) is 10.1. The van der Waals surface area contributed by atoms with E-state index in [1.807, 2.05) is 0 Å². The summed E-state index contributed by atoms with van der Waals surface area (Å²) in [6.07, 6.45) is 0. The molecular weight excluding hydrogens is 278 g/mol. The van der Waals surface area contributed by atoms with Crippen LogP contribution >= 0.6 is 0 Å². The molecule has 0 bridgehead atoms. The smallest absolute Gasteiger partial charge is 0.254 e. The summed E-state index contributed by atoms with van der Waals surface area (Å²) in [6.45, 7) is 0.306. The molecule has 110 valence electrons. The number of nitrogen functional groups attached to an aromatic ring is 1.